The maximum atomic E-state index is 11.1. The van der Waals surface area contributed by atoms with Crippen molar-refractivity contribution in [3.05, 3.63) is 35.9 Å². The van der Waals surface area contributed by atoms with Gasteiger partial charge in [-0.05, 0) is 25.5 Å². The third-order valence-corrected chi connectivity index (χ3v) is 2.41. The van der Waals surface area contributed by atoms with E-state index in [0.29, 0.717) is 6.42 Å². The van der Waals surface area contributed by atoms with Gasteiger partial charge < -0.3 is 10.4 Å². The minimum Gasteiger partial charge on any atom is -0.386 e. The molecular weight excluding hydrogens is 202 g/mol. The van der Waals surface area contributed by atoms with Gasteiger partial charge in [0.05, 0.1) is 0 Å². The van der Waals surface area contributed by atoms with Crippen LogP contribution in [0.4, 0.5) is 0 Å². The lowest BCUT2D eigenvalue weighted by molar-refractivity contribution is -0.126. The van der Waals surface area contributed by atoms with E-state index in [2.05, 4.69) is 17.4 Å². The van der Waals surface area contributed by atoms with Crippen LogP contribution in [-0.4, -0.2) is 23.5 Å². The molecule has 0 saturated heterocycles. The first-order valence-electron chi connectivity index (χ1n) is 5.65. The van der Waals surface area contributed by atoms with Gasteiger partial charge in [-0.3, -0.25) is 4.79 Å². The summed E-state index contributed by atoms with van der Waals surface area (Å²) in [5.74, 6) is -0.0819. The summed E-state index contributed by atoms with van der Waals surface area (Å²) in [6.45, 7) is 3.14. The molecule has 0 amide bonds. The van der Waals surface area contributed by atoms with Crippen LogP contribution in [0.2, 0.25) is 0 Å². The fraction of sp³-hybridized carbons (Fsp3) is 0.462. The molecule has 0 bridgehead atoms. The van der Waals surface area contributed by atoms with Crippen molar-refractivity contribution in [1.82, 2.24) is 5.32 Å². The second kappa shape index (κ2) is 7.14. The maximum absolute atomic E-state index is 11.1. The Bertz CT molecular complexity index is 309. The zero-order chi connectivity index (χ0) is 11.8. The van der Waals surface area contributed by atoms with Gasteiger partial charge in [-0.1, -0.05) is 30.3 Å². The number of ketones is 1. The first-order valence-corrected chi connectivity index (χ1v) is 5.65. The lowest BCUT2D eigenvalue weighted by Gasteiger charge is -2.05. The summed E-state index contributed by atoms with van der Waals surface area (Å²) in [4.78, 5) is 11.1. The van der Waals surface area contributed by atoms with Crippen LogP contribution >= 0.6 is 0 Å². The predicted octanol–water partition coefficient (Wildman–Crippen LogP) is 1.51. The molecule has 0 saturated carbocycles. The second-order valence-electron chi connectivity index (χ2n) is 3.91. The van der Waals surface area contributed by atoms with Crippen molar-refractivity contribution >= 4 is 5.78 Å². The third-order valence-electron chi connectivity index (χ3n) is 2.41. The molecule has 3 heteroatoms. The van der Waals surface area contributed by atoms with Gasteiger partial charge in [-0.15, -0.1) is 0 Å². The van der Waals surface area contributed by atoms with Crippen molar-refractivity contribution in [3.8, 4) is 0 Å². The number of nitrogens with one attached hydrogen (secondary N) is 1. The van der Waals surface area contributed by atoms with E-state index in [1.54, 1.807) is 0 Å². The summed E-state index contributed by atoms with van der Waals surface area (Å²) in [7, 11) is 0. The molecular formula is C13H19NO2. The van der Waals surface area contributed by atoms with Gasteiger partial charge in [0.2, 0.25) is 0 Å². The van der Waals surface area contributed by atoms with Crippen LogP contribution in [0.5, 0.6) is 0 Å². The Morgan fingerprint density at radius 1 is 1.38 bits per heavy atom. The van der Waals surface area contributed by atoms with Crippen LogP contribution in [-0.2, 0) is 11.3 Å². The molecule has 16 heavy (non-hydrogen) atoms. The van der Waals surface area contributed by atoms with Crippen LogP contribution in [0.25, 0.3) is 0 Å². The molecule has 0 aliphatic heterocycles. The number of carbonyl (C=O) groups is 1. The number of benzene rings is 1. The number of Topliss-reactive ketones (excluding diaryl/α,β-unsaturated/α-hetero) is 1. The van der Waals surface area contributed by atoms with E-state index in [-0.39, 0.29) is 5.78 Å². The Morgan fingerprint density at radius 2 is 2.06 bits per heavy atom. The molecule has 0 aliphatic rings. The van der Waals surface area contributed by atoms with Crippen LogP contribution in [0.3, 0.4) is 0 Å². The van der Waals surface area contributed by atoms with Crippen molar-refractivity contribution < 1.29 is 9.90 Å². The molecule has 1 aromatic carbocycles. The summed E-state index contributed by atoms with van der Waals surface area (Å²) >= 11 is 0. The van der Waals surface area contributed by atoms with Crippen LogP contribution < -0.4 is 5.32 Å². The topological polar surface area (TPSA) is 49.3 Å². The number of hydrogen-bond acceptors (Lipinski definition) is 3. The van der Waals surface area contributed by atoms with Crippen molar-refractivity contribution in [3.63, 3.8) is 0 Å². The Kier molecular flexibility index (Phi) is 5.75. The maximum Gasteiger partial charge on any atom is 0.161 e. The summed E-state index contributed by atoms with van der Waals surface area (Å²) in [5, 5.41) is 12.2. The Labute approximate surface area is 96.5 Å². The summed E-state index contributed by atoms with van der Waals surface area (Å²) in [5.41, 5.74) is 1.24. The van der Waals surface area contributed by atoms with Crippen molar-refractivity contribution in [2.75, 3.05) is 6.54 Å². The lowest BCUT2D eigenvalue weighted by Crippen LogP contribution is -2.19. The van der Waals surface area contributed by atoms with E-state index in [0.717, 1.165) is 19.5 Å². The van der Waals surface area contributed by atoms with Gasteiger partial charge in [0, 0.05) is 13.0 Å². The average molecular weight is 221 g/mol. The van der Waals surface area contributed by atoms with E-state index >= 15 is 0 Å². The first-order chi connectivity index (χ1) is 7.70. The largest absolute Gasteiger partial charge is 0.386 e. The van der Waals surface area contributed by atoms with Crippen LogP contribution in [0.1, 0.15) is 25.3 Å². The molecule has 0 heterocycles. The molecule has 0 aromatic heterocycles. The molecule has 0 fully saturated rings. The highest BCUT2D eigenvalue weighted by Crippen LogP contribution is 1.98. The third kappa shape index (κ3) is 5.05. The molecule has 1 aromatic rings. The molecule has 1 atom stereocenters. The van der Waals surface area contributed by atoms with Gasteiger partial charge >= 0.3 is 0 Å². The normalized spacial score (nSPS) is 12.4. The standard InChI is InChI=1S/C13H19NO2/c1-11(15)13(16)8-5-9-14-10-12-6-3-2-4-7-12/h2-4,6-7,11,14-15H,5,8-10H2,1H3. The van der Waals surface area contributed by atoms with Crippen molar-refractivity contribution in [2.24, 2.45) is 0 Å². The Balaban J connectivity index is 2.07. The monoisotopic (exact) mass is 221 g/mol. The van der Waals surface area contributed by atoms with Crippen LogP contribution in [0.15, 0.2) is 30.3 Å². The highest BCUT2D eigenvalue weighted by atomic mass is 16.3. The number of carbonyl (C=O) groups excluding carboxylic acids is 1. The van der Waals surface area contributed by atoms with E-state index in [1.807, 2.05) is 18.2 Å². The van der Waals surface area contributed by atoms with Gasteiger partial charge in [0.1, 0.15) is 6.10 Å². The Morgan fingerprint density at radius 3 is 2.69 bits per heavy atom. The van der Waals surface area contributed by atoms with Gasteiger partial charge in [-0.2, -0.15) is 0 Å². The summed E-state index contributed by atoms with van der Waals surface area (Å²) in [6.07, 6.45) is 0.393. The van der Waals surface area contributed by atoms with Crippen molar-refractivity contribution in [1.29, 1.82) is 0 Å². The zero-order valence-corrected chi connectivity index (χ0v) is 9.65. The van der Waals surface area contributed by atoms with Crippen molar-refractivity contribution in [2.45, 2.75) is 32.4 Å². The summed E-state index contributed by atoms with van der Waals surface area (Å²) < 4.78 is 0. The minimum atomic E-state index is -0.825. The molecule has 1 unspecified atom stereocenters. The number of hydrogen-bond donors (Lipinski definition) is 2. The zero-order valence-electron chi connectivity index (χ0n) is 9.65. The van der Waals surface area contributed by atoms with E-state index < -0.39 is 6.10 Å². The van der Waals surface area contributed by atoms with E-state index in [1.165, 1.54) is 12.5 Å². The number of aliphatic hydroxyl groups is 1. The minimum absolute atomic E-state index is 0.0819. The predicted molar refractivity (Wildman–Crippen MR) is 64.1 cm³/mol. The van der Waals surface area contributed by atoms with Gasteiger partial charge in [-0.25, -0.2) is 0 Å². The molecule has 3 nitrogen and oxygen atoms in total. The average Bonchev–Trinajstić information content (AvgIpc) is 2.29. The number of rotatable bonds is 7. The fourth-order valence-electron chi connectivity index (χ4n) is 1.43. The quantitative estimate of drug-likeness (QED) is 0.686. The van der Waals surface area contributed by atoms with Crippen LogP contribution in [0, 0.1) is 0 Å². The van der Waals surface area contributed by atoms with E-state index in [4.69, 9.17) is 5.11 Å². The Hall–Kier alpha value is -1.19. The molecule has 2 N–H and O–H groups in total. The molecule has 1 rings (SSSR count). The molecule has 0 spiro atoms. The highest BCUT2D eigenvalue weighted by molar-refractivity contribution is 5.82. The fourth-order valence-corrected chi connectivity index (χ4v) is 1.43. The van der Waals surface area contributed by atoms with Gasteiger partial charge in [0.25, 0.3) is 0 Å². The van der Waals surface area contributed by atoms with E-state index in [9.17, 15) is 4.79 Å². The molecule has 88 valence electrons. The summed E-state index contributed by atoms with van der Waals surface area (Å²) in [6, 6.07) is 10.1. The second-order valence-corrected chi connectivity index (χ2v) is 3.91. The molecule has 0 aliphatic carbocycles. The SMILES string of the molecule is CC(O)C(=O)CCCNCc1ccccc1. The lowest BCUT2D eigenvalue weighted by atomic mass is 10.1. The smallest absolute Gasteiger partial charge is 0.161 e. The number of aliphatic hydroxyl groups excluding tert-OH is 1. The molecule has 0 radical (unpaired) electrons. The highest BCUT2D eigenvalue weighted by Gasteiger charge is 2.07. The van der Waals surface area contributed by atoms with Gasteiger partial charge in [0.15, 0.2) is 5.78 Å². The first kappa shape index (κ1) is 12.9.